The van der Waals surface area contributed by atoms with E-state index in [0.29, 0.717) is 5.33 Å². The average Bonchev–Trinajstić information content (AvgIpc) is 2.66. The monoisotopic (exact) mass is 315 g/mol. The van der Waals surface area contributed by atoms with Gasteiger partial charge in [0.1, 0.15) is 0 Å². The highest BCUT2D eigenvalue weighted by Crippen LogP contribution is 2.30. The summed E-state index contributed by atoms with van der Waals surface area (Å²) in [5.74, 6) is 0.814. The van der Waals surface area contributed by atoms with E-state index in [2.05, 4.69) is 36.8 Å². The van der Waals surface area contributed by atoms with E-state index in [1.165, 1.54) is 6.39 Å². The molecule has 0 saturated heterocycles. The highest BCUT2D eigenvalue weighted by atomic mass is 79.9. The van der Waals surface area contributed by atoms with Crippen LogP contribution >= 0.6 is 31.9 Å². The summed E-state index contributed by atoms with van der Waals surface area (Å²) in [5, 5.41) is 0.695. The highest BCUT2D eigenvalue weighted by molar-refractivity contribution is 9.10. The van der Waals surface area contributed by atoms with Crippen molar-refractivity contribution in [3.63, 3.8) is 0 Å². The first kappa shape index (κ1) is 9.93. The van der Waals surface area contributed by atoms with Gasteiger partial charge < -0.3 is 4.42 Å². The summed E-state index contributed by atoms with van der Waals surface area (Å²) in [6.07, 6.45) is 1.46. The van der Waals surface area contributed by atoms with Crippen molar-refractivity contribution in [1.29, 1.82) is 0 Å². The summed E-state index contributed by atoms with van der Waals surface area (Å²) >= 11 is 6.85. The lowest BCUT2D eigenvalue weighted by atomic mass is 10.1. The molecule has 14 heavy (non-hydrogen) atoms. The van der Waals surface area contributed by atoms with Gasteiger partial charge in [-0.2, -0.15) is 0 Å². The first-order valence-corrected chi connectivity index (χ1v) is 5.97. The van der Waals surface area contributed by atoms with Crippen LogP contribution in [0.4, 0.5) is 0 Å². The molecule has 0 saturated carbocycles. The fourth-order valence-corrected chi connectivity index (χ4v) is 2.09. The second-order valence-corrected chi connectivity index (χ2v) is 4.16. The first-order chi connectivity index (χ1) is 6.83. The van der Waals surface area contributed by atoms with Crippen LogP contribution in [0.2, 0.25) is 0 Å². The molecule has 0 N–H and O–H groups in total. The highest BCUT2D eigenvalue weighted by Gasteiger charge is 2.11. The minimum atomic E-state index is 0.695. The molecule has 4 heteroatoms. The van der Waals surface area contributed by atoms with Crippen molar-refractivity contribution in [3.8, 4) is 11.3 Å². The van der Waals surface area contributed by atoms with Gasteiger partial charge in [-0.05, 0) is 6.07 Å². The molecule has 0 amide bonds. The Kier molecular flexibility index (Phi) is 3.03. The lowest BCUT2D eigenvalue weighted by molar-refractivity contribution is 0.571. The molecule has 0 aliphatic rings. The van der Waals surface area contributed by atoms with Crippen LogP contribution < -0.4 is 0 Å². The average molecular weight is 317 g/mol. The number of oxazole rings is 1. The van der Waals surface area contributed by atoms with Gasteiger partial charge in [0.15, 0.2) is 12.2 Å². The fraction of sp³-hybridized carbons (Fsp3) is 0.100. The Morgan fingerprint density at radius 2 is 2.07 bits per heavy atom. The maximum atomic E-state index is 5.35. The van der Waals surface area contributed by atoms with Gasteiger partial charge in [-0.25, -0.2) is 4.98 Å². The molecule has 72 valence electrons. The van der Waals surface area contributed by atoms with E-state index in [4.69, 9.17) is 4.42 Å². The Bertz CT molecular complexity index is 439. The van der Waals surface area contributed by atoms with Crippen molar-refractivity contribution in [1.82, 2.24) is 4.98 Å². The SMILES string of the molecule is BrCc1ncoc1-c1ccccc1Br. The van der Waals surface area contributed by atoms with E-state index in [9.17, 15) is 0 Å². The molecule has 1 heterocycles. The number of nitrogens with zero attached hydrogens (tertiary/aromatic N) is 1. The van der Waals surface area contributed by atoms with E-state index in [0.717, 1.165) is 21.5 Å². The molecule has 1 aromatic carbocycles. The molecule has 0 aliphatic carbocycles. The van der Waals surface area contributed by atoms with Crippen molar-refractivity contribution in [2.45, 2.75) is 5.33 Å². The van der Waals surface area contributed by atoms with Gasteiger partial charge in [0, 0.05) is 15.4 Å². The number of aromatic nitrogens is 1. The quantitative estimate of drug-likeness (QED) is 0.783. The van der Waals surface area contributed by atoms with Gasteiger partial charge >= 0.3 is 0 Å². The predicted octanol–water partition coefficient (Wildman–Crippen LogP) is 4.00. The number of hydrogen-bond donors (Lipinski definition) is 0. The molecule has 1 aromatic heterocycles. The van der Waals surface area contributed by atoms with E-state index in [1.54, 1.807) is 0 Å². The van der Waals surface area contributed by atoms with Crippen molar-refractivity contribution in [3.05, 3.63) is 40.8 Å². The molecule has 0 unspecified atom stereocenters. The third-order valence-corrected chi connectivity index (χ3v) is 3.11. The van der Waals surface area contributed by atoms with Crippen LogP contribution in [0, 0.1) is 0 Å². The Morgan fingerprint density at radius 3 is 2.79 bits per heavy atom. The van der Waals surface area contributed by atoms with Gasteiger partial charge in [0.25, 0.3) is 0 Å². The van der Waals surface area contributed by atoms with Crippen molar-refractivity contribution in [2.75, 3.05) is 0 Å². The smallest absolute Gasteiger partial charge is 0.181 e. The molecular weight excluding hydrogens is 310 g/mol. The van der Waals surface area contributed by atoms with Gasteiger partial charge in [-0.15, -0.1) is 0 Å². The zero-order valence-electron chi connectivity index (χ0n) is 7.21. The van der Waals surface area contributed by atoms with Gasteiger partial charge in [0.2, 0.25) is 0 Å². The normalized spacial score (nSPS) is 10.4. The summed E-state index contributed by atoms with van der Waals surface area (Å²) in [6.45, 7) is 0. The van der Waals surface area contributed by atoms with Crippen LogP contribution in [-0.4, -0.2) is 4.98 Å². The summed E-state index contributed by atoms with van der Waals surface area (Å²) in [4.78, 5) is 4.12. The maximum absolute atomic E-state index is 5.35. The van der Waals surface area contributed by atoms with Crippen molar-refractivity contribution < 1.29 is 4.42 Å². The molecule has 0 aliphatic heterocycles. The van der Waals surface area contributed by atoms with E-state index >= 15 is 0 Å². The van der Waals surface area contributed by atoms with Gasteiger partial charge in [-0.3, -0.25) is 0 Å². The van der Waals surface area contributed by atoms with Crippen LogP contribution in [0.1, 0.15) is 5.69 Å². The van der Waals surface area contributed by atoms with Gasteiger partial charge in [-0.1, -0.05) is 50.1 Å². The summed E-state index contributed by atoms with van der Waals surface area (Å²) in [5.41, 5.74) is 1.94. The van der Waals surface area contributed by atoms with Crippen LogP contribution in [0.5, 0.6) is 0 Å². The van der Waals surface area contributed by atoms with Gasteiger partial charge in [0.05, 0.1) is 5.69 Å². The lowest BCUT2D eigenvalue weighted by Gasteiger charge is -2.00. The zero-order chi connectivity index (χ0) is 9.97. The Hall–Kier alpha value is -0.610. The van der Waals surface area contributed by atoms with Crippen LogP contribution in [0.3, 0.4) is 0 Å². The predicted molar refractivity (Wildman–Crippen MR) is 62.3 cm³/mol. The molecular formula is C10H7Br2NO. The minimum Gasteiger partial charge on any atom is -0.443 e. The molecule has 0 spiro atoms. The second-order valence-electron chi connectivity index (χ2n) is 2.74. The molecule has 2 rings (SSSR count). The van der Waals surface area contributed by atoms with Crippen LogP contribution in [-0.2, 0) is 5.33 Å². The number of hydrogen-bond acceptors (Lipinski definition) is 2. The molecule has 0 bridgehead atoms. The lowest BCUT2D eigenvalue weighted by Crippen LogP contribution is -1.83. The zero-order valence-corrected chi connectivity index (χ0v) is 10.4. The topological polar surface area (TPSA) is 26.0 Å². The van der Waals surface area contributed by atoms with E-state index in [1.807, 2.05) is 24.3 Å². The molecule has 0 radical (unpaired) electrons. The number of alkyl halides is 1. The molecule has 0 fully saturated rings. The first-order valence-electron chi connectivity index (χ1n) is 4.06. The van der Waals surface area contributed by atoms with Crippen LogP contribution in [0.25, 0.3) is 11.3 Å². The van der Waals surface area contributed by atoms with Crippen molar-refractivity contribution >= 4 is 31.9 Å². The summed E-state index contributed by atoms with van der Waals surface area (Å²) in [7, 11) is 0. The van der Waals surface area contributed by atoms with Crippen LogP contribution in [0.15, 0.2) is 39.5 Å². The second kappa shape index (κ2) is 4.28. The number of benzene rings is 1. The van der Waals surface area contributed by atoms with Crippen molar-refractivity contribution in [2.24, 2.45) is 0 Å². The summed E-state index contributed by atoms with van der Waals surface area (Å²) in [6, 6.07) is 7.92. The number of halogens is 2. The third kappa shape index (κ3) is 1.77. The summed E-state index contributed by atoms with van der Waals surface area (Å²) < 4.78 is 6.36. The molecule has 2 nitrogen and oxygen atoms in total. The Balaban J connectivity index is 2.54. The standard InChI is InChI=1S/C10H7Br2NO/c11-5-9-10(14-6-13-9)7-3-1-2-4-8(7)12/h1-4,6H,5H2. The Labute approximate surface area is 98.6 Å². The van der Waals surface area contributed by atoms with E-state index in [-0.39, 0.29) is 0 Å². The van der Waals surface area contributed by atoms with E-state index < -0.39 is 0 Å². The third-order valence-electron chi connectivity index (χ3n) is 1.89. The Morgan fingerprint density at radius 1 is 1.29 bits per heavy atom. The maximum Gasteiger partial charge on any atom is 0.181 e. The molecule has 0 atom stereocenters. The largest absolute Gasteiger partial charge is 0.443 e. The number of rotatable bonds is 2. The minimum absolute atomic E-state index is 0.695. The fourth-order valence-electron chi connectivity index (χ4n) is 1.23. The molecule has 2 aromatic rings.